The topological polar surface area (TPSA) is 51.2 Å². The molecule has 2 aliphatic rings. The summed E-state index contributed by atoms with van der Waals surface area (Å²) in [7, 11) is -2.23. The van der Waals surface area contributed by atoms with E-state index >= 15 is 0 Å². The molecule has 2 bridgehead atoms. The first-order valence-corrected chi connectivity index (χ1v) is 6.01. The van der Waals surface area contributed by atoms with Crippen LogP contribution in [0.2, 0.25) is 0 Å². The Morgan fingerprint density at radius 3 is 2.43 bits per heavy atom. The van der Waals surface area contributed by atoms with E-state index in [0.717, 1.165) is 6.42 Å². The van der Waals surface area contributed by atoms with Crippen LogP contribution in [0.5, 0.6) is 0 Å². The molecule has 0 aromatic heterocycles. The molecule has 2 atom stereocenters. The van der Waals surface area contributed by atoms with Crippen LogP contribution in [-0.2, 0) is 15.1 Å². The van der Waals surface area contributed by atoms with Crippen molar-refractivity contribution in [3.8, 4) is 0 Å². The first-order valence-electron chi connectivity index (χ1n) is 4.87. The smallest absolute Gasteiger partial charge is 0.210 e. The van der Waals surface area contributed by atoms with E-state index in [1.54, 1.807) is 0 Å². The molecule has 14 heavy (non-hydrogen) atoms. The second-order valence-electron chi connectivity index (χ2n) is 4.93. The van der Waals surface area contributed by atoms with Crippen molar-refractivity contribution >= 4 is 21.4 Å². The third kappa shape index (κ3) is 0.975. The zero-order chi connectivity index (χ0) is 10.6. The number of ketones is 1. The maximum atomic E-state index is 11.8. The molecule has 0 aromatic rings. The van der Waals surface area contributed by atoms with Gasteiger partial charge < -0.3 is 0 Å². The lowest BCUT2D eigenvalue weighted by molar-refractivity contribution is -0.125. The van der Waals surface area contributed by atoms with Gasteiger partial charge in [-0.05, 0) is 24.2 Å². The predicted molar refractivity (Wildman–Crippen MR) is 53.5 cm³/mol. The lowest BCUT2D eigenvalue weighted by atomic mass is 9.70. The molecule has 2 aliphatic carbocycles. The molecule has 0 spiro atoms. The lowest BCUT2D eigenvalue weighted by Crippen LogP contribution is -2.37. The first kappa shape index (κ1) is 9.90. The summed E-state index contributed by atoms with van der Waals surface area (Å²) in [5, 5.41) is 1.24. The van der Waals surface area contributed by atoms with Gasteiger partial charge in [-0.15, -0.1) is 0 Å². The number of hydrogen-bond acceptors (Lipinski definition) is 3. The molecule has 3 nitrogen and oxygen atoms in total. The van der Waals surface area contributed by atoms with Crippen molar-refractivity contribution in [1.82, 2.24) is 0 Å². The zero-order valence-corrected chi connectivity index (χ0v) is 9.23. The van der Waals surface area contributed by atoms with E-state index < -0.39 is 15.7 Å². The second-order valence-corrected chi connectivity index (χ2v) is 5.69. The molecule has 0 amide bonds. The second kappa shape index (κ2) is 2.69. The van der Waals surface area contributed by atoms with Crippen molar-refractivity contribution in [2.24, 2.45) is 16.7 Å². The minimum atomic E-state index is -2.23. The van der Waals surface area contributed by atoms with Gasteiger partial charge in [0.25, 0.3) is 0 Å². The molecule has 2 saturated carbocycles. The Balaban J connectivity index is 2.61. The molecule has 2 fully saturated rings. The van der Waals surface area contributed by atoms with Gasteiger partial charge in [0.2, 0.25) is 10.3 Å². The fraction of sp³-hybridized carbons (Fsp3) is 0.800. The minimum absolute atomic E-state index is 0.114. The molecule has 2 unspecified atom stereocenters. The molecule has 0 aromatic carbocycles. The van der Waals surface area contributed by atoms with Crippen molar-refractivity contribution in [3.63, 3.8) is 0 Å². The maximum absolute atomic E-state index is 11.8. The normalized spacial score (nSPS) is 38.7. The average molecular weight is 214 g/mol. The number of rotatable bonds is 1. The van der Waals surface area contributed by atoms with Crippen molar-refractivity contribution in [3.05, 3.63) is 0 Å². The van der Waals surface area contributed by atoms with Gasteiger partial charge in [-0.3, -0.25) is 4.79 Å². The van der Waals surface area contributed by atoms with Crippen LogP contribution in [0.15, 0.2) is 0 Å². The quantitative estimate of drug-likeness (QED) is 0.613. The summed E-state index contributed by atoms with van der Waals surface area (Å²) in [6.45, 7) is 4.03. The van der Waals surface area contributed by atoms with Gasteiger partial charge in [0.15, 0.2) is 0 Å². The summed E-state index contributed by atoms with van der Waals surface area (Å²) >= 11 is 0. The van der Waals surface area contributed by atoms with Crippen LogP contribution in [0.25, 0.3) is 0 Å². The maximum Gasteiger partial charge on any atom is 0.210 e. The van der Waals surface area contributed by atoms with Crippen LogP contribution < -0.4 is 0 Å². The minimum Gasteiger partial charge on any atom is -0.299 e. The molecule has 2 rings (SSSR count). The van der Waals surface area contributed by atoms with E-state index in [0.29, 0.717) is 18.8 Å². The number of fused-ring (bicyclic) bond motifs is 2. The lowest BCUT2D eigenvalue weighted by Gasteiger charge is -2.31. The monoisotopic (exact) mass is 214 g/mol. The SMILES string of the molecule is CC1(C)C2CCC1(C=S(=O)=O)C(=O)C2. The number of carbonyl (C=O) groups is 1. The highest BCUT2D eigenvalue weighted by Crippen LogP contribution is 2.62. The average Bonchev–Trinajstić information content (AvgIpc) is 2.36. The van der Waals surface area contributed by atoms with E-state index in [-0.39, 0.29) is 11.2 Å². The van der Waals surface area contributed by atoms with Gasteiger partial charge >= 0.3 is 0 Å². The van der Waals surface area contributed by atoms with Crippen molar-refractivity contribution in [1.29, 1.82) is 0 Å². The highest BCUT2D eigenvalue weighted by atomic mass is 32.2. The van der Waals surface area contributed by atoms with Crippen LogP contribution in [0, 0.1) is 16.7 Å². The number of hydrogen-bond donors (Lipinski definition) is 0. The molecule has 78 valence electrons. The van der Waals surface area contributed by atoms with Crippen LogP contribution in [0.3, 0.4) is 0 Å². The summed E-state index contributed by atoms with van der Waals surface area (Å²) in [6.07, 6.45) is 2.24. The van der Waals surface area contributed by atoms with Crippen LogP contribution in [0.1, 0.15) is 33.1 Å². The van der Waals surface area contributed by atoms with E-state index in [1.165, 1.54) is 5.37 Å². The molecule has 0 heterocycles. The standard InChI is InChI=1S/C10H14O3S/c1-9(2)7-3-4-10(9,6-14(12)13)8(11)5-7/h6-7H,3-5H2,1-2H3. The Morgan fingerprint density at radius 1 is 1.43 bits per heavy atom. The van der Waals surface area contributed by atoms with Gasteiger partial charge in [0.1, 0.15) is 5.78 Å². The fourth-order valence-corrected chi connectivity index (χ4v) is 4.03. The third-order valence-electron chi connectivity index (χ3n) is 4.28. The Morgan fingerprint density at radius 2 is 2.07 bits per heavy atom. The summed E-state index contributed by atoms with van der Waals surface area (Å²) in [6, 6.07) is 0. The summed E-state index contributed by atoms with van der Waals surface area (Å²) in [4.78, 5) is 11.8. The molecular formula is C10H14O3S. The molecule has 4 heteroatoms. The molecular weight excluding hydrogens is 200 g/mol. The molecule has 0 saturated heterocycles. The van der Waals surface area contributed by atoms with Gasteiger partial charge in [-0.2, -0.15) is 8.42 Å². The fourth-order valence-electron chi connectivity index (χ4n) is 3.15. The Hall–Kier alpha value is -0.640. The van der Waals surface area contributed by atoms with E-state index in [2.05, 4.69) is 0 Å². The van der Waals surface area contributed by atoms with E-state index in [4.69, 9.17) is 0 Å². The summed E-state index contributed by atoms with van der Waals surface area (Å²) in [5.74, 6) is 0.484. The highest BCUT2D eigenvalue weighted by molar-refractivity contribution is 7.71. The van der Waals surface area contributed by atoms with Gasteiger partial charge in [0.05, 0.1) is 10.8 Å². The molecule has 0 radical (unpaired) electrons. The first-order chi connectivity index (χ1) is 6.40. The Kier molecular flexibility index (Phi) is 1.90. The number of carbonyl (C=O) groups excluding carboxylic acids is 1. The van der Waals surface area contributed by atoms with E-state index in [9.17, 15) is 13.2 Å². The number of Topliss-reactive ketones (excluding diaryl/α,β-unsaturated/α-hetero) is 1. The van der Waals surface area contributed by atoms with Crippen LogP contribution in [0.4, 0.5) is 0 Å². The molecule has 0 aliphatic heterocycles. The zero-order valence-electron chi connectivity index (χ0n) is 8.41. The van der Waals surface area contributed by atoms with Crippen molar-refractivity contribution in [2.45, 2.75) is 33.1 Å². The Bertz CT molecular complexity index is 411. The largest absolute Gasteiger partial charge is 0.299 e. The summed E-state index contributed by atoms with van der Waals surface area (Å²) < 4.78 is 21.5. The Labute approximate surface area is 85.0 Å². The van der Waals surface area contributed by atoms with Crippen molar-refractivity contribution < 1.29 is 13.2 Å². The van der Waals surface area contributed by atoms with Gasteiger partial charge in [-0.25, -0.2) is 0 Å². The predicted octanol–water partition coefficient (Wildman–Crippen LogP) is 1.06. The summed E-state index contributed by atoms with van der Waals surface area (Å²) in [5.41, 5.74) is -0.867. The van der Waals surface area contributed by atoms with Crippen LogP contribution in [-0.4, -0.2) is 19.6 Å². The van der Waals surface area contributed by atoms with Gasteiger partial charge in [0, 0.05) is 6.42 Å². The van der Waals surface area contributed by atoms with E-state index in [1.807, 2.05) is 13.8 Å². The molecule has 0 N–H and O–H groups in total. The third-order valence-corrected chi connectivity index (χ3v) is 4.88. The van der Waals surface area contributed by atoms with Gasteiger partial charge in [-0.1, -0.05) is 13.8 Å². The van der Waals surface area contributed by atoms with Crippen LogP contribution >= 0.6 is 0 Å². The van der Waals surface area contributed by atoms with Crippen molar-refractivity contribution in [2.75, 3.05) is 0 Å². The highest BCUT2D eigenvalue weighted by Gasteiger charge is 2.63.